The number of halogens is 1. The fraction of sp³-hybridized carbons (Fsp3) is 0.267. The summed E-state index contributed by atoms with van der Waals surface area (Å²) in [4.78, 5) is 22.0. The third-order valence-corrected chi connectivity index (χ3v) is 7.97. The minimum Gasteiger partial charge on any atom is -0.493 e. The molecular formula is C30H31ClN4O3S. The van der Waals surface area contributed by atoms with E-state index in [0.717, 1.165) is 53.7 Å². The summed E-state index contributed by atoms with van der Waals surface area (Å²) in [6, 6.07) is 21.5. The lowest BCUT2D eigenvalue weighted by atomic mass is 10.1. The van der Waals surface area contributed by atoms with Gasteiger partial charge < -0.3 is 24.6 Å². The predicted octanol–water partition coefficient (Wildman–Crippen LogP) is 5.73. The largest absolute Gasteiger partial charge is 0.493 e. The molecule has 0 atom stereocenters. The Morgan fingerprint density at radius 2 is 1.77 bits per heavy atom. The molecule has 39 heavy (non-hydrogen) atoms. The van der Waals surface area contributed by atoms with Crippen LogP contribution in [0.15, 0.2) is 72.1 Å². The monoisotopic (exact) mass is 562 g/mol. The molecule has 0 radical (unpaired) electrons. The van der Waals surface area contributed by atoms with Gasteiger partial charge in [-0.05, 0) is 29.8 Å². The molecule has 3 aromatic carbocycles. The smallest absolute Gasteiger partial charge is 0.253 e. The van der Waals surface area contributed by atoms with Gasteiger partial charge in [0.25, 0.3) is 5.91 Å². The van der Waals surface area contributed by atoms with Crippen molar-refractivity contribution in [1.29, 1.82) is 0 Å². The summed E-state index contributed by atoms with van der Waals surface area (Å²) in [5.41, 5.74) is 4.49. The van der Waals surface area contributed by atoms with Crippen LogP contribution in [0, 0.1) is 0 Å². The van der Waals surface area contributed by atoms with Crippen molar-refractivity contribution in [3.63, 3.8) is 0 Å². The van der Waals surface area contributed by atoms with Gasteiger partial charge in [-0.2, -0.15) is 0 Å². The minimum atomic E-state index is 0.0744. The highest BCUT2D eigenvalue weighted by Gasteiger charge is 2.20. The predicted molar refractivity (Wildman–Crippen MR) is 157 cm³/mol. The average Bonchev–Trinajstić information content (AvgIpc) is 3.47. The van der Waals surface area contributed by atoms with Crippen molar-refractivity contribution in [2.75, 3.05) is 45.3 Å². The Labute approximate surface area is 238 Å². The number of aromatic nitrogens is 1. The van der Waals surface area contributed by atoms with Crippen LogP contribution in [-0.4, -0.2) is 56.2 Å². The van der Waals surface area contributed by atoms with Gasteiger partial charge in [-0.1, -0.05) is 54.1 Å². The number of nitrogens with zero attached hydrogens (tertiary/aromatic N) is 3. The highest BCUT2D eigenvalue weighted by molar-refractivity contribution is 7.14. The molecule has 202 valence electrons. The number of piperazine rings is 1. The number of hydrogen-bond donors (Lipinski definition) is 1. The third kappa shape index (κ3) is 6.19. The lowest BCUT2D eigenvalue weighted by Gasteiger charge is -2.27. The summed E-state index contributed by atoms with van der Waals surface area (Å²) >= 11 is 8.03. The number of para-hydroxylation sites is 1. The Bertz CT molecular complexity index is 1420. The van der Waals surface area contributed by atoms with Crippen molar-refractivity contribution in [1.82, 2.24) is 15.2 Å². The number of amides is 1. The Kier molecular flexibility index (Phi) is 8.66. The normalized spacial score (nSPS) is 13.3. The topological polar surface area (TPSA) is 66.9 Å². The first kappa shape index (κ1) is 27.0. The van der Waals surface area contributed by atoms with Gasteiger partial charge in [-0.15, -0.1) is 11.3 Å². The van der Waals surface area contributed by atoms with E-state index >= 15 is 0 Å². The second-order valence-corrected chi connectivity index (χ2v) is 10.5. The number of ether oxygens (including phenoxy) is 2. The van der Waals surface area contributed by atoms with E-state index in [1.165, 1.54) is 0 Å². The quantitative estimate of drug-likeness (QED) is 0.281. The van der Waals surface area contributed by atoms with Crippen LogP contribution in [0.4, 0.5) is 5.13 Å². The van der Waals surface area contributed by atoms with E-state index < -0.39 is 0 Å². The van der Waals surface area contributed by atoms with E-state index in [1.807, 2.05) is 77.0 Å². The lowest BCUT2D eigenvalue weighted by molar-refractivity contribution is 0.0736. The highest BCUT2D eigenvalue weighted by atomic mass is 35.5. The van der Waals surface area contributed by atoms with Crippen LogP contribution in [0.5, 0.6) is 11.5 Å². The summed E-state index contributed by atoms with van der Waals surface area (Å²) in [7, 11) is 3.29. The maximum absolute atomic E-state index is 12.9. The van der Waals surface area contributed by atoms with E-state index in [9.17, 15) is 4.79 Å². The van der Waals surface area contributed by atoms with Crippen molar-refractivity contribution in [3.05, 3.63) is 93.8 Å². The number of hydrogen-bond acceptors (Lipinski definition) is 7. The number of carbonyl (C=O) groups is 1. The SMILES string of the molecule is COc1cccc(CN(Cc2ccc(C(=O)N3CCNCC3)cc2)c2nc(-c3ccccc3Cl)cs2)c1OC. The maximum atomic E-state index is 12.9. The molecule has 1 saturated heterocycles. The minimum absolute atomic E-state index is 0.0744. The second-order valence-electron chi connectivity index (χ2n) is 9.24. The van der Waals surface area contributed by atoms with Gasteiger partial charge in [-0.3, -0.25) is 4.79 Å². The standard InChI is InChI=1S/C30H31ClN4O3S/c1-37-27-9-5-6-23(28(27)38-2)19-35(30-33-26(20-39-30)24-7-3-4-8-25(24)31)18-21-10-12-22(13-11-21)29(36)34-16-14-32-15-17-34/h3-13,20,32H,14-19H2,1-2H3. The molecule has 1 fully saturated rings. The van der Waals surface area contributed by atoms with E-state index in [1.54, 1.807) is 25.6 Å². The summed E-state index contributed by atoms with van der Waals surface area (Å²) in [6.45, 7) is 4.27. The molecule has 1 aliphatic rings. The molecule has 0 spiro atoms. The van der Waals surface area contributed by atoms with Crippen molar-refractivity contribution >= 4 is 34.0 Å². The molecule has 0 aliphatic carbocycles. The van der Waals surface area contributed by atoms with Crippen molar-refractivity contribution < 1.29 is 14.3 Å². The number of benzene rings is 3. The average molecular weight is 563 g/mol. The van der Waals surface area contributed by atoms with Crippen LogP contribution in [0.25, 0.3) is 11.3 Å². The summed E-state index contributed by atoms with van der Waals surface area (Å²) < 4.78 is 11.2. The van der Waals surface area contributed by atoms with Gasteiger partial charge in [-0.25, -0.2) is 4.98 Å². The van der Waals surface area contributed by atoms with Crippen LogP contribution in [-0.2, 0) is 13.1 Å². The summed E-state index contributed by atoms with van der Waals surface area (Å²) in [5, 5.41) is 6.84. The van der Waals surface area contributed by atoms with E-state index in [-0.39, 0.29) is 5.91 Å². The second kappa shape index (κ2) is 12.5. The molecule has 1 aromatic heterocycles. The molecule has 4 aromatic rings. The number of carbonyl (C=O) groups excluding carboxylic acids is 1. The Morgan fingerprint density at radius 1 is 1.00 bits per heavy atom. The molecule has 0 bridgehead atoms. The zero-order chi connectivity index (χ0) is 27.2. The van der Waals surface area contributed by atoms with Gasteiger partial charge in [0, 0.05) is 66.4 Å². The fourth-order valence-corrected chi connectivity index (χ4v) is 5.76. The third-order valence-electron chi connectivity index (χ3n) is 6.74. The maximum Gasteiger partial charge on any atom is 0.253 e. The number of thiazole rings is 1. The van der Waals surface area contributed by atoms with Crippen LogP contribution < -0.4 is 19.7 Å². The van der Waals surface area contributed by atoms with Crippen LogP contribution in [0.1, 0.15) is 21.5 Å². The number of methoxy groups -OCH3 is 2. The molecule has 1 aliphatic heterocycles. The van der Waals surface area contributed by atoms with Gasteiger partial charge >= 0.3 is 0 Å². The van der Waals surface area contributed by atoms with Gasteiger partial charge in [0.2, 0.25) is 0 Å². The fourth-order valence-electron chi connectivity index (χ4n) is 4.70. The van der Waals surface area contributed by atoms with E-state index in [0.29, 0.717) is 35.2 Å². The number of rotatable bonds is 9. The zero-order valence-electron chi connectivity index (χ0n) is 22.0. The first-order chi connectivity index (χ1) is 19.1. The van der Waals surface area contributed by atoms with Crippen molar-refractivity contribution in [2.45, 2.75) is 13.1 Å². The van der Waals surface area contributed by atoms with E-state index in [2.05, 4.69) is 10.2 Å². The van der Waals surface area contributed by atoms with Crippen LogP contribution in [0.3, 0.4) is 0 Å². The first-order valence-electron chi connectivity index (χ1n) is 12.8. The Hall–Kier alpha value is -3.59. The lowest BCUT2D eigenvalue weighted by Crippen LogP contribution is -2.46. The molecule has 1 N–H and O–H groups in total. The molecular weight excluding hydrogens is 532 g/mol. The number of anilines is 1. The zero-order valence-corrected chi connectivity index (χ0v) is 23.6. The molecule has 0 unspecified atom stereocenters. The summed E-state index contributed by atoms with van der Waals surface area (Å²) in [5.74, 6) is 1.46. The molecule has 1 amide bonds. The molecule has 9 heteroatoms. The van der Waals surface area contributed by atoms with Gasteiger partial charge in [0.1, 0.15) is 0 Å². The van der Waals surface area contributed by atoms with Crippen molar-refractivity contribution in [3.8, 4) is 22.8 Å². The van der Waals surface area contributed by atoms with Crippen LogP contribution >= 0.6 is 22.9 Å². The molecule has 2 heterocycles. The summed E-state index contributed by atoms with van der Waals surface area (Å²) in [6.07, 6.45) is 0. The van der Waals surface area contributed by atoms with Gasteiger partial charge in [0.15, 0.2) is 16.6 Å². The van der Waals surface area contributed by atoms with E-state index in [4.69, 9.17) is 26.1 Å². The Morgan fingerprint density at radius 3 is 2.49 bits per heavy atom. The van der Waals surface area contributed by atoms with Crippen molar-refractivity contribution in [2.24, 2.45) is 0 Å². The molecule has 5 rings (SSSR count). The Balaban J connectivity index is 1.43. The highest BCUT2D eigenvalue weighted by Crippen LogP contribution is 2.36. The molecule has 7 nitrogen and oxygen atoms in total. The number of nitrogens with one attached hydrogen (secondary N) is 1. The van der Waals surface area contributed by atoms with Gasteiger partial charge in [0.05, 0.1) is 19.9 Å². The first-order valence-corrected chi connectivity index (χ1v) is 14.1. The van der Waals surface area contributed by atoms with Crippen LogP contribution in [0.2, 0.25) is 5.02 Å². The molecule has 0 saturated carbocycles.